The van der Waals surface area contributed by atoms with Crippen LogP contribution in [0.1, 0.15) is 11.4 Å². The van der Waals surface area contributed by atoms with Gasteiger partial charge in [0.25, 0.3) is 0 Å². The van der Waals surface area contributed by atoms with E-state index in [0.717, 1.165) is 27.9 Å². The van der Waals surface area contributed by atoms with Gasteiger partial charge in [-0.1, -0.05) is 24.3 Å². The van der Waals surface area contributed by atoms with Crippen LogP contribution in [-0.4, -0.2) is 43.6 Å². The zero-order valence-electron chi connectivity index (χ0n) is 16.0. The van der Waals surface area contributed by atoms with E-state index in [4.69, 9.17) is 14.5 Å². The molecule has 2 aromatic carbocycles. The fraction of sp³-hybridized carbons (Fsp3) is 0.143. The van der Waals surface area contributed by atoms with Crippen molar-refractivity contribution in [2.45, 2.75) is 6.42 Å². The van der Waals surface area contributed by atoms with E-state index in [0.29, 0.717) is 23.7 Å². The van der Waals surface area contributed by atoms with Gasteiger partial charge in [-0.05, 0) is 29.8 Å². The lowest BCUT2D eigenvalue weighted by Crippen LogP contribution is -1.98. The first kappa shape index (κ1) is 17.2. The van der Waals surface area contributed by atoms with Gasteiger partial charge in [-0.3, -0.25) is 0 Å². The maximum Gasteiger partial charge on any atom is 0.170 e. The Morgan fingerprint density at radius 2 is 1.76 bits per heavy atom. The molecule has 3 aromatic heterocycles. The lowest BCUT2D eigenvalue weighted by molar-refractivity contribution is 0.354. The molecule has 0 saturated heterocycles. The Morgan fingerprint density at radius 1 is 0.931 bits per heavy atom. The monoisotopic (exact) mass is 386 g/mol. The minimum absolute atomic E-state index is 0.566. The molecule has 0 unspecified atom stereocenters. The molecule has 3 heterocycles. The van der Waals surface area contributed by atoms with Gasteiger partial charge >= 0.3 is 0 Å². The second-order valence-electron chi connectivity index (χ2n) is 6.54. The van der Waals surface area contributed by atoms with Crippen molar-refractivity contribution in [1.82, 2.24) is 29.4 Å². The molecule has 0 radical (unpaired) electrons. The van der Waals surface area contributed by atoms with Gasteiger partial charge in [-0.2, -0.15) is 5.10 Å². The van der Waals surface area contributed by atoms with E-state index in [1.54, 1.807) is 35.9 Å². The summed E-state index contributed by atoms with van der Waals surface area (Å²) in [5.74, 6) is 2.07. The van der Waals surface area contributed by atoms with Crippen molar-refractivity contribution >= 4 is 16.7 Å². The highest BCUT2D eigenvalue weighted by atomic mass is 16.5. The van der Waals surface area contributed by atoms with Crippen LogP contribution in [0, 0.1) is 0 Å². The van der Waals surface area contributed by atoms with Crippen molar-refractivity contribution in [3.8, 4) is 17.2 Å². The van der Waals surface area contributed by atoms with Gasteiger partial charge in [0.05, 0.1) is 31.5 Å². The molecule has 8 nitrogen and oxygen atoms in total. The summed E-state index contributed by atoms with van der Waals surface area (Å²) < 4.78 is 14.2. The molecule has 0 atom stereocenters. The minimum atomic E-state index is 0.566. The number of hydrogen-bond donors (Lipinski definition) is 0. The average Bonchev–Trinajstić information content (AvgIpc) is 3.37. The van der Waals surface area contributed by atoms with E-state index in [1.807, 2.05) is 48.5 Å². The SMILES string of the molecule is COc1ccc(Cc2nc3c4cnn(-c5ccccc5)c4ncn3n2)cc1OC. The third-order valence-corrected chi connectivity index (χ3v) is 4.76. The van der Waals surface area contributed by atoms with Crippen LogP contribution in [0.3, 0.4) is 0 Å². The standard InChI is InChI=1S/C21H18N6O2/c1-28-17-9-8-14(10-18(17)29-2)11-19-24-21-16-12-23-27(15-6-4-3-5-7-15)20(16)22-13-26(21)25-19/h3-10,12-13H,11H2,1-2H3. The third kappa shape index (κ3) is 2.94. The highest BCUT2D eigenvalue weighted by Crippen LogP contribution is 2.28. The minimum Gasteiger partial charge on any atom is -0.493 e. The molecule has 0 fully saturated rings. The number of fused-ring (bicyclic) bond motifs is 3. The van der Waals surface area contributed by atoms with Gasteiger partial charge in [-0.15, -0.1) is 5.10 Å². The number of para-hydroxylation sites is 1. The molecule has 5 rings (SSSR count). The fourth-order valence-electron chi connectivity index (χ4n) is 3.37. The summed E-state index contributed by atoms with van der Waals surface area (Å²) in [6.45, 7) is 0. The van der Waals surface area contributed by atoms with Gasteiger partial charge in [0.1, 0.15) is 6.33 Å². The molecule has 0 aliphatic rings. The van der Waals surface area contributed by atoms with Gasteiger partial charge in [0, 0.05) is 6.42 Å². The second kappa shape index (κ2) is 6.90. The summed E-state index contributed by atoms with van der Waals surface area (Å²) in [7, 11) is 3.24. The number of hydrogen-bond acceptors (Lipinski definition) is 6. The Balaban J connectivity index is 1.54. The molecule has 0 aliphatic heterocycles. The van der Waals surface area contributed by atoms with Gasteiger partial charge in [-0.25, -0.2) is 19.2 Å². The highest BCUT2D eigenvalue weighted by Gasteiger charge is 2.14. The van der Waals surface area contributed by atoms with Crippen molar-refractivity contribution in [3.05, 3.63) is 72.4 Å². The number of nitrogens with zero attached hydrogens (tertiary/aromatic N) is 6. The molecule has 29 heavy (non-hydrogen) atoms. The first-order valence-electron chi connectivity index (χ1n) is 9.11. The fourth-order valence-corrected chi connectivity index (χ4v) is 3.37. The molecule has 144 valence electrons. The zero-order valence-corrected chi connectivity index (χ0v) is 16.0. The molecule has 0 N–H and O–H groups in total. The predicted molar refractivity (Wildman–Crippen MR) is 108 cm³/mol. The zero-order chi connectivity index (χ0) is 19.8. The van der Waals surface area contributed by atoms with E-state index in [9.17, 15) is 0 Å². The normalized spacial score (nSPS) is 11.2. The van der Waals surface area contributed by atoms with Crippen molar-refractivity contribution in [3.63, 3.8) is 0 Å². The summed E-state index contributed by atoms with van der Waals surface area (Å²) in [5.41, 5.74) is 3.45. The van der Waals surface area contributed by atoms with Crippen LogP contribution in [0.4, 0.5) is 0 Å². The van der Waals surface area contributed by atoms with E-state index < -0.39 is 0 Å². The molecule has 5 aromatic rings. The van der Waals surface area contributed by atoms with E-state index >= 15 is 0 Å². The number of rotatable bonds is 5. The van der Waals surface area contributed by atoms with Crippen LogP contribution in [0.5, 0.6) is 11.5 Å². The van der Waals surface area contributed by atoms with Crippen LogP contribution < -0.4 is 9.47 Å². The highest BCUT2D eigenvalue weighted by molar-refractivity contribution is 5.89. The molecule has 0 spiro atoms. The summed E-state index contributed by atoms with van der Waals surface area (Å²) in [5, 5.41) is 9.91. The number of methoxy groups -OCH3 is 2. The van der Waals surface area contributed by atoms with Crippen LogP contribution in [0.25, 0.3) is 22.4 Å². The van der Waals surface area contributed by atoms with E-state index in [2.05, 4.69) is 15.2 Å². The largest absolute Gasteiger partial charge is 0.493 e. The Bertz CT molecular complexity index is 1310. The van der Waals surface area contributed by atoms with Gasteiger partial charge in [0.2, 0.25) is 0 Å². The van der Waals surface area contributed by atoms with Gasteiger partial charge in [0.15, 0.2) is 28.6 Å². The van der Waals surface area contributed by atoms with Crippen LogP contribution in [0.2, 0.25) is 0 Å². The predicted octanol–water partition coefficient (Wildman–Crippen LogP) is 3.07. The lowest BCUT2D eigenvalue weighted by Gasteiger charge is -2.08. The van der Waals surface area contributed by atoms with Crippen molar-refractivity contribution in [2.24, 2.45) is 0 Å². The molecular weight excluding hydrogens is 368 g/mol. The van der Waals surface area contributed by atoms with E-state index in [1.165, 1.54) is 0 Å². The molecule has 0 aliphatic carbocycles. The topological polar surface area (TPSA) is 79.4 Å². The van der Waals surface area contributed by atoms with Crippen LogP contribution in [0.15, 0.2) is 61.1 Å². The lowest BCUT2D eigenvalue weighted by atomic mass is 10.1. The van der Waals surface area contributed by atoms with Crippen molar-refractivity contribution < 1.29 is 9.47 Å². The molecule has 0 bridgehead atoms. The van der Waals surface area contributed by atoms with Crippen molar-refractivity contribution in [2.75, 3.05) is 14.2 Å². The Morgan fingerprint density at radius 3 is 2.55 bits per heavy atom. The second-order valence-corrected chi connectivity index (χ2v) is 6.54. The molecule has 0 amide bonds. The molecular formula is C21H18N6O2. The van der Waals surface area contributed by atoms with Crippen molar-refractivity contribution in [1.29, 1.82) is 0 Å². The Kier molecular flexibility index (Phi) is 4.09. The molecule has 8 heteroatoms. The Labute approximate surface area is 166 Å². The number of ether oxygens (including phenoxy) is 2. The first-order chi connectivity index (χ1) is 14.3. The summed E-state index contributed by atoms with van der Waals surface area (Å²) in [6, 6.07) is 15.7. The maximum atomic E-state index is 5.38. The summed E-state index contributed by atoms with van der Waals surface area (Å²) >= 11 is 0. The van der Waals surface area contributed by atoms with Gasteiger partial charge < -0.3 is 9.47 Å². The number of aromatic nitrogens is 6. The average molecular weight is 386 g/mol. The Hall–Kier alpha value is -3.94. The first-order valence-corrected chi connectivity index (χ1v) is 9.11. The van der Waals surface area contributed by atoms with Crippen LogP contribution >= 0.6 is 0 Å². The maximum absolute atomic E-state index is 5.38. The van der Waals surface area contributed by atoms with E-state index in [-0.39, 0.29) is 0 Å². The molecule has 0 saturated carbocycles. The number of benzene rings is 2. The quantitative estimate of drug-likeness (QED) is 0.462. The summed E-state index contributed by atoms with van der Waals surface area (Å²) in [4.78, 5) is 9.27. The summed E-state index contributed by atoms with van der Waals surface area (Å²) in [6.07, 6.45) is 4.01. The smallest absolute Gasteiger partial charge is 0.170 e. The third-order valence-electron chi connectivity index (χ3n) is 4.76. The van der Waals surface area contributed by atoms with Crippen LogP contribution in [-0.2, 0) is 6.42 Å².